The van der Waals surface area contributed by atoms with E-state index in [-0.39, 0.29) is 18.9 Å². The first-order chi connectivity index (χ1) is 13.9. The summed E-state index contributed by atoms with van der Waals surface area (Å²) in [6.45, 7) is 0.167. The number of rotatable bonds is 5. The zero-order valence-electron chi connectivity index (χ0n) is 14.6. The quantitative estimate of drug-likeness (QED) is 0.407. The molecule has 0 saturated heterocycles. The molecular weight excluding hydrogens is 457 g/mol. The van der Waals surface area contributed by atoms with Crippen LogP contribution >= 0.6 is 46.1 Å². The van der Waals surface area contributed by atoms with Crippen molar-refractivity contribution in [3.8, 4) is 11.3 Å². The number of aromatic nitrogens is 2. The van der Waals surface area contributed by atoms with Gasteiger partial charge in [0.15, 0.2) is 10.7 Å². The molecule has 0 atom stereocenters. The molecule has 0 aliphatic rings. The van der Waals surface area contributed by atoms with Gasteiger partial charge in [-0.15, -0.1) is 11.3 Å². The van der Waals surface area contributed by atoms with Crippen molar-refractivity contribution in [3.05, 3.63) is 67.4 Å². The fourth-order valence-corrected chi connectivity index (χ4v) is 4.19. The third-order valence-corrected chi connectivity index (χ3v) is 5.69. The summed E-state index contributed by atoms with van der Waals surface area (Å²) in [5.41, 5.74) is 2.33. The van der Waals surface area contributed by atoms with E-state index in [9.17, 15) is 9.59 Å². The average molecular weight is 469 g/mol. The first-order valence-corrected chi connectivity index (χ1v) is 10.4. The number of nitrogens with one attached hydrogen (secondary N) is 1. The Hall–Kier alpha value is -2.32. The smallest absolute Gasteiger partial charge is 0.408 e. The number of oxazole rings is 1. The molecule has 2 heterocycles. The van der Waals surface area contributed by atoms with Crippen LogP contribution in [0.4, 0.5) is 5.13 Å². The van der Waals surface area contributed by atoms with Crippen LogP contribution in [-0.2, 0) is 11.3 Å². The monoisotopic (exact) mass is 467 g/mol. The molecule has 2 aromatic carbocycles. The number of anilines is 1. The highest BCUT2D eigenvalue weighted by atomic mass is 35.5. The topological polar surface area (TPSA) is 77.1 Å². The number of hydrogen-bond acceptors (Lipinski definition) is 5. The lowest BCUT2D eigenvalue weighted by Gasteiger charge is -2.03. The lowest BCUT2D eigenvalue weighted by atomic mass is 10.2. The number of carbonyl (C=O) groups excluding carboxylic acids is 1. The van der Waals surface area contributed by atoms with Crippen molar-refractivity contribution in [3.63, 3.8) is 0 Å². The number of thiazole rings is 1. The molecule has 0 unspecified atom stereocenters. The Kier molecular flexibility index (Phi) is 5.65. The maximum absolute atomic E-state index is 12.3. The molecule has 148 valence electrons. The second-order valence-corrected chi connectivity index (χ2v) is 8.23. The summed E-state index contributed by atoms with van der Waals surface area (Å²) in [6, 6.07) is 10.0. The molecule has 6 nitrogen and oxygen atoms in total. The van der Waals surface area contributed by atoms with Crippen molar-refractivity contribution >= 4 is 68.3 Å². The molecule has 4 rings (SSSR count). The maximum atomic E-state index is 12.3. The fraction of sp³-hybridized carbons (Fsp3) is 0.105. The Balaban J connectivity index is 1.44. The molecule has 1 N–H and O–H groups in total. The van der Waals surface area contributed by atoms with E-state index in [1.165, 1.54) is 15.9 Å². The van der Waals surface area contributed by atoms with Gasteiger partial charge in [-0.05, 0) is 30.3 Å². The van der Waals surface area contributed by atoms with E-state index < -0.39 is 5.76 Å². The van der Waals surface area contributed by atoms with Crippen molar-refractivity contribution < 1.29 is 9.21 Å². The molecule has 0 aliphatic heterocycles. The number of hydrogen-bond donors (Lipinski definition) is 1. The second-order valence-electron chi connectivity index (χ2n) is 6.09. The van der Waals surface area contributed by atoms with E-state index in [4.69, 9.17) is 39.2 Å². The Morgan fingerprint density at radius 1 is 1.14 bits per heavy atom. The molecular formula is C19H12Cl3N3O3S. The molecule has 0 fully saturated rings. The van der Waals surface area contributed by atoms with Crippen molar-refractivity contribution in [1.82, 2.24) is 9.55 Å². The number of amides is 1. The molecule has 29 heavy (non-hydrogen) atoms. The van der Waals surface area contributed by atoms with Crippen molar-refractivity contribution in [2.45, 2.75) is 13.0 Å². The van der Waals surface area contributed by atoms with Gasteiger partial charge in [0.25, 0.3) is 0 Å². The average Bonchev–Trinajstić information content (AvgIpc) is 3.23. The molecule has 0 aliphatic carbocycles. The first-order valence-electron chi connectivity index (χ1n) is 8.40. The van der Waals surface area contributed by atoms with Crippen LogP contribution in [0, 0.1) is 0 Å². The summed E-state index contributed by atoms with van der Waals surface area (Å²) < 4.78 is 6.56. The Morgan fingerprint density at radius 3 is 2.69 bits per heavy atom. The van der Waals surface area contributed by atoms with Gasteiger partial charge in [-0.3, -0.25) is 9.36 Å². The van der Waals surface area contributed by atoms with Gasteiger partial charge in [0.1, 0.15) is 0 Å². The highest BCUT2D eigenvalue weighted by Gasteiger charge is 2.14. The predicted molar refractivity (Wildman–Crippen MR) is 116 cm³/mol. The third kappa shape index (κ3) is 4.33. The molecule has 0 spiro atoms. The zero-order valence-corrected chi connectivity index (χ0v) is 17.7. The van der Waals surface area contributed by atoms with Crippen molar-refractivity contribution in [2.75, 3.05) is 5.32 Å². The maximum Gasteiger partial charge on any atom is 0.419 e. The highest BCUT2D eigenvalue weighted by Crippen LogP contribution is 2.32. The van der Waals surface area contributed by atoms with E-state index in [0.717, 1.165) is 5.56 Å². The van der Waals surface area contributed by atoms with E-state index in [1.54, 1.807) is 41.8 Å². The number of nitrogens with zero attached hydrogens (tertiary/aromatic N) is 2. The largest absolute Gasteiger partial charge is 0.419 e. The van der Waals surface area contributed by atoms with Gasteiger partial charge in [-0.1, -0.05) is 34.8 Å². The molecule has 0 bridgehead atoms. The van der Waals surface area contributed by atoms with Gasteiger partial charge in [0.2, 0.25) is 5.91 Å². The molecule has 4 aromatic rings. The molecule has 10 heteroatoms. The fourth-order valence-electron chi connectivity index (χ4n) is 2.80. The van der Waals surface area contributed by atoms with E-state index in [0.29, 0.717) is 37.0 Å². The van der Waals surface area contributed by atoms with E-state index in [2.05, 4.69) is 10.3 Å². The molecule has 0 radical (unpaired) electrons. The normalized spacial score (nSPS) is 11.1. The van der Waals surface area contributed by atoms with E-state index >= 15 is 0 Å². The number of aryl methyl sites for hydroxylation is 1. The van der Waals surface area contributed by atoms with Crippen molar-refractivity contribution in [1.29, 1.82) is 0 Å². The van der Waals surface area contributed by atoms with Crippen LogP contribution in [-0.4, -0.2) is 15.5 Å². The second kappa shape index (κ2) is 8.20. The minimum Gasteiger partial charge on any atom is -0.408 e. The number of carbonyl (C=O) groups is 1. The first kappa shape index (κ1) is 20.0. The van der Waals surface area contributed by atoms with Crippen LogP contribution in [0.1, 0.15) is 6.42 Å². The molecule has 0 saturated carbocycles. The van der Waals surface area contributed by atoms with Crippen LogP contribution in [0.2, 0.25) is 15.1 Å². The van der Waals surface area contributed by atoms with Crippen LogP contribution < -0.4 is 11.1 Å². The highest BCUT2D eigenvalue weighted by molar-refractivity contribution is 7.14. The standard InChI is InChI=1S/C19H12Cl3N3O3S/c20-10-1-3-12(13(22)7-10)14-9-29-18(23-14)24-17(26)5-6-25-15-4-2-11(21)8-16(15)28-19(25)27/h1-4,7-9H,5-6H2,(H,23,24,26). The summed E-state index contributed by atoms with van der Waals surface area (Å²) in [5, 5.41) is 6.45. The van der Waals surface area contributed by atoms with Gasteiger partial charge in [-0.25, -0.2) is 9.78 Å². The van der Waals surface area contributed by atoms with Crippen LogP contribution in [0.25, 0.3) is 22.4 Å². The number of benzene rings is 2. The minimum atomic E-state index is -0.538. The summed E-state index contributed by atoms with van der Waals surface area (Å²) in [7, 11) is 0. The summed E-state index contributed by atoms with van der Waals surface area (Å²) in [4.78, 5) is 28.7. The van der Waals surface area contributed by atoms with Crippen LogP contribution in [0.3, 0.4) is 0 Å². The lowest BCUT2D eigenvalue weighted by molar-refractivity contribution is -0.116. The minimum absolute atomic E-state index is 0.0772. The summed E-state index contributed by atoms with van der Waals surface area (Å²) in [6.07, 6.45) is 0.0772. The zero-order chi connectivity index (χ0) is 20.5. The number of fused-ring (bicyclic) bond motifs is 1. The lowest BCUT2D eigenvalue weighted by Crippen LogP contribution is -2.19. The van der Waals surface area contributed by atoms with Crippen molar-refractivity contribution in [2.24, 2.45) is 0 Å². The molecule has 2 aromatic heterocycles. The number of halogens is 3. The van der Waals surface area contributed by atoms with Gasteiger partial charge in [0, 0.05) is 40.0 Å². The summed E-state index contributed by atoms with van der Waals surface area (Å²) >= 11 is 19.3. The third-order valence-electron chi connectivity index (χ3n) is 4.15. The SMILES string of the molecule is O=C(CCn1c(=O)oc2cc(Cl)ccc21)Nc1nc(-c2ccc(Cl)cc2Cl)cs1. The van der Waals surface area contributed by atoms with E-state index in [1.807, 2.05) is 0 Å². The Morgan fingerprint density at radius 2 is 1.90 bits per heavy atom. The molecule has 1 amide bonds. The van der Waals surface area contributed by atoms with Gasteiger partial charge >= 0.3 is 5.76 Å². The Labute approximate surface area is 183 Å². The van der Waals surface area contributed by atoms with Crippen LogP contribution in [0.15, 0.2) is 51.0 Å². The van der Waals surface area contributed by atoms with Gasteiger partial charge < -0.3 is 9.73 Å². The Bertz CT molecular complexity index is 1280. The van der Waals surface area contributed by atoms with Gasteiger partial charge in [0.05, 0.1) is 16.2 Å². The van der Waals surface area contributed by atoms with Gasteiger partial charge in [-0.2, -0.15) is 0 Å². The predicted octanol–water partition coefficient (Wildman–Crippen LogP) is 5.71. The summed E-state index contributed by atoms with van der Waals surface area (Å²) in [5.74, 6) is -0.813. The van der Waals surface area contributed by atoms with Crippen LogP contribution in [0.5, 0.6) is 0 Å².